The molecule has 1 amide bonds. The number of likely N-dealkylation sites (tertiary alicyclic amines) is 1. The molecule has 0 aliphatic carbocycles. The predicted molar refractivity (Wildman–Crippen MR) is 80.4 cm³/mol. The number of carbonyl (C=O) groups excluding carboxylic acids is 1. The molecule has 1 fully saturated rings. The standard InChI is InChI=1S/C16H24N2O2/c1-2-20-15-8-10-18(11-9-15)16(19)7-6-13-4-3-5-14(17)12-13/h3-5,12,15H,2,6-11,17H2,1H3. The highest BCUT2D eigenvalue weighted by molar-refractivity contribution is 5.76. The maximum Gasteiger partial charge on any atom is 0.222 e. The first kappa shape index (κ1) is 14.9. The van der Waals surface area contributed by atoms with Gasteiger partial charge in [-0.25, -0.2) is 0 Å². The molecule has 4 nitrogen and oxygen atoms in total. The van der Waals surface area contributed by atoms with Gasteiger partial charge in [0, 0.05) is 31.8 Å². The Morgan fingerprint density at radius 1 is 1.40 bits per heavy atom. The van der Waals surface area contributed by atoms with Crippen LogP contribution in [-0.2, 0) is 16.0 Å². The maximum absolute atomic E-state index is 12.2. The molecule has 1 aliphatic rings. The van der Waals surface area contributed by atoms with Gasteiger partial charge in [-0.15, -0.1) is 0 Å². The SMILES string of the molecule is CCOC1CCN(C(=O)CCc2cccc(N)c2)CC1. The average molecular weight is 276 g/mol. The van der Waals surface area contributed by atoms with Crippen LogP contribution in [0, 0.1) is 0 Å². The molecule has 1 heterocycles. The number of carbonyl (C=O) groups is 1. The van der Waals surface area contributed by atoms with Crippen molar-refractivity contribution in [3.63, 3.8) is 0 Å². The number of hydrogen-bond donors (Lipinski definition) is 1. The van der Waals surface area contributed by atoms with Gasteiger partial charge < -0.3 is 15.4 Å². The molecule has 1 aromatic rings. The molecule has 1 saturated heterocycles. The van der Waals surface area contributed by atoms with E-state index in [9.17, 15) is 4.79 Å². The van der Waals surface area contributed by atoms with E-state index < -0.39 is 0 Å². The third-order valence-electron chi connectivity index (χ3n) is 3.78. The summed E-state index contributed by atoms with van der Waals surface area (Å²) in [6, 6.07) is 7.76. The minimum Gasteiger partial charge on any atom is -0.399 e. The summed E-state index contributed by atoms with van der Waals surface area (Å²) in [5, 5.41) is 0. The molecular formula is C16H24N2O2. The fourth-order valence-electron chi connectivity index (χ4n) is 2.67. The molecule has 1 aromatic carbocycles. The highest BCUT2D eigenvalue weighted by atomic mass is 16.5. The van der Waals surface area contributed by atoms with Crippen molar-refractivity contribution < 1.29 is 9.53 Å². The molecule has 0 unspecified atom stereocenters. The Morgan fingerprint density at radius 3 is 2.80 bits per heavy atom. The van der Waals surface area contributed by atoms with Gasteiger partial charge in [-0.1, -0.05) is 12.1 Å². The Hall–Kier alpha value is -1.55. The fourth-order valence-corrected chi connectivity index (χ4v) is 2.67. The summed E-state index contributed by atoms with van der Waals surface area (Å²) < 4.78 is 5.60. The zero-order valence-electron chi connectivity index (χ0n) is 12.2. The van der Waals surface area contributed by atoms with Crippen molar-refractivity contribution in [3.8, 4) is 0 Å². The number of benzene rings is 1. The highest BCUT2D eigenvalue weighted by Gasteiger charge is 2.22. The van der Waals surface area contributed by atoms with E-state index in [0.29, 0.717) is 12.5 Å². The molecule has 0 atom stereocenters. The number of nitrogen functional groups attached to an aromatic ring is 1. The van der Waals surface area contributed by atoms with Gasteiger partial charge in [-0.3, -0.25) is 4.79 Å². The first-order chi connectivity index (χ1) is 9.69. The molecule has 0 spiro atoms. The van der Waals surface area contributed by atoms with E-state index in [-0.39, 0.29) is 5.91 Å². The second-order valence-corrected chi connectivity index (χ2v) is 5.28. The summed E-state index contributed by atoms with van der Waals surface area (Å²) in [6.07, 6.45) is 3.56. The smallest absolute Gasteiger partial charge is 0.222 e. The van der Waals surface area contributed by atoms with Crippen molar-refractivity contribution >= 4 is 11.6 Å². The van der Waals surface area contributed by atoms with Crippen LogP contribution in [0.1, 0.15) is 31.7 Å². The lowest BCUT2D eigenvalue weighted by Crippen LogP contribution is -2.41. The van der Waals surface area contributed by atoms with Crippen LogP contribution in [0.3, 0.4) is 0 Å². The van der Waals surface area contributed by atoms with Crippen molar-refractivity contribution in [1.82, 2.24) is 4.90 Å². The molecule has 2 rings (SSSR count). The molecule has 0 radical (unpaired) electrons. The Labute approximate surface area is 120 Å². The fraction of sp³-hybridized carbons (Fsp3) is 0.562. The molecule has 1 aliphatic heterocycles. The van der Waals surface area contributed by atoms with Crippen LogP contribution in [0.15, 0.2) is 24.3 Å². The Balaban J connectivity index is 1.76. The largest absolute Gasteiger partial charge is 0.399 e. The van der Waals surface area contributed by atoms with Crippen LogP contribution in [0.4, 0.5) is 5.69 Å². The third kappa shape index (κ3) is 4.23. The van der Waals surface area contributed by atoms with Gasteiger partial charge in [0.2, 0.25) is 5.91 Å². The zero-order chi connectivity index (χ0) is 14.4. The number of piperidine rings is 1. The number of ether oxygens (including phenoxy) is 1. The maximum atomic E-state index is 12.2. The van der Waals surface area contributed by atoms with E-state index >= 15 is 0 Å². The molecule has 0 bridgehead atoms. The van der Waals surface area contributed by atoms with E-state index in [1.54, 1.807) is 0 Å². The minimum atomic E-state index is 0.238. The van der Waals surface area contributed by atoms with Gasteiger partial charge in [0.05, 0.1) is 6.10 Å². The van der Waals surface area contributed by atoms with Crippen LogP contribution in [0.25, 0.3) is 0 Å². The Kier molecular flexibility index (Phi) is 5.41. The number of amides is 1. The minimum absolute atomic E-state index is 0.238. The van der Waals surface area contributed by atoms with Gasteiger partial charge in [0.1, 0.15) is 0 Å². The molecule has 20 heavy (non-hydrogen) atoms. The van der Waals surface area contributed by atoms with E-state index in [1.165, 1.54) is 0 Å². The Morgan fingerprint density at radius 2 is 2.15 bits per heavy atom. The van der Waals surface area contributed by atoms with Gasteiger partial charge >= 0.3 is 0 Å². The van der Waals surface area contributed by atoms with E-state index in [0.717, 1.165) is 50.2 Å². The first-order valence-electron chi connectivity index (χ1n) is 7.43. The van der Waals surface area contributed by atoms with E-state index in [1.807, 2.05) is 36.1 Å². The van der Waals surface area contributed by atoms with Crippen molar-refractivity contribution in [2.45, 2.75) is 38.7 Å². The molecule has 2 N–H and O–H groups in total. The van der Waals surface area contributed by atoms with Gasteiger partial charge in [0.15, 0.2) is 0 Å². The average Bonchev–Trinajstić information content (AvgIpc) is 2.46. The second kappa shape index (κ2) is 7.29. The summed E-state index contributed by atoms with van der Waals surface area (Å²) in [7, 11) is 0. The zero-order valence-corrected chi connectivity index (χ0v) is 12.2. The number of hydrogen-bond acceptors (Lipinski definition) is 3. The van der Waals surface area contributed by atoms with Crippen LogP contribution in [-0.4, -0.2) is 36.6 Å². The predicted octanol–water partition coefficient (Wildman–Crippen LogP) is 2.23. The number of nitrogens with zero attached hydrogens (tertiary/aromatic N) is 1. The summed E-state index contributed by atoms with van der Waals surface area (Å²) in [6.45, 7) is 4.41. The molecular weight excluding hydrogens is 252 g/mol. The van der Waals surface area contributed by atoms with Crippen molar-refractivity contribution in [2.24, 2.45) is 0 Å². The lowest BCUT2D eigenvalue weighted by molar-refractivity contribution is -0.133. The lowest BCUT2D eigenvalue weighted by atomic mass is 10.1. The number of anilines is 1. The molecule has 4 heteroatoms. The number of rotatable bonds is 5. The van der Waals surface area contributed by atoms with E-state index in [2.05, 4.69) is 0 Å². The number of aryl methyl sites for hydroxylation is 1. The summed E-state index contributed by atoms with van der Waals surface area (Å²) in [5.74, 6) is 0.238. The quantitative estimate of drug-likeness (QED) is 0.839. The van der Waals surface area contributed by atoms with Crippen LogP contribution < -0.4 is 5.73 Å². The molecule has 0 aromatic heterocycles. The van der Waals surface area contributed by atoms with Crippen LogP contribution >= 0.6 is 0 Å². The van der Waals surface area contributed by atoms with Gasteiger partial charge in [0.25, 0.3) is 0 Å². The third-order valence-corrected chi connectivity index (χ3v) is 3.78. The van der Waals surface area contributed by atoms with Crippen molar-refractivity contribution in [1.29, 1.82) is 0 Å². The van der Waals surface area contributed by atoms with Crippen LogP contribution in [0.2, 0.25) is 0 Å². The number of nitrogens with two attached hydrogens (primary N) is 1. The monoisotopic (exact) mass is 276 g/mol. The summed E-state index contributed by atoms with van der Waals surface area (Å²) >= 11 is 0. The van der Waals surface area contributed by atoms with Gasteiger partial charge in [-0.2, -0.15) is 0 Å². The first-order valence-corrected chi connectivity index (χ1v) is 7.43. The van der Waals surface area contributed by atoms with Crippen molar-refractivity contribution in [2.75, 3.05) is 25.4 Å². The summed E-state index contributed by atoms with van der Waals surface area (Å²) in [5.41, 5.74) is 7.63. The normalized spacial score (nSPS) is 16.4. The van der Waals surface area contributed by atoms with Crippen molar-refractivity contribution in [3.05, 3.63) is 29.8 Å². The van der Waals surface area contributed by atoms with Crippen LogP contribution in [0.5, 0.6) is 0 Å². The van der Waals surface area contributed by atoms with Gasteiger partial charge in [-0.05, 0) is 43.9 Å². The molecule has 0 saturated carbocycles. The van der Waals surface area contributed by atoms with E-state index in [4.69, 9.17) is 10.5 Å². The topological polar surface area (TPSA) is 55.6 Å². The lowest BCUT2D eigenvalue weighted by Gasteiger charge is -2.31. The second-order valence-electron chi connectivity index (χ2n) is 5.28. The Bertz CT molecular complexity index is 440. The highest BCUT2D eigenvalue weighted by Crippen LogP contribution is 2.16. The molecule has 110 valence electrons. The summed E-state index contributed by atoms with van der Waals surface area (Å²) in [4.78, 5) is 14.1.